The molecule has 13 atom stereocenters. The van der Waals surface area contributed by atoms with Gasteiger partial charge in [-0.3, -0.25) is 14.4 Å². The zero-order chi connectivity index (χ0) is 52.4. The third-order valence-electron chi connectivity index (χ3n) is 16.7. The van der Waals surface area contributed by atoms with Crippen molar-refractivity contribution in [1.29, 1.82) is 0 Å². The third kappa shape index (κ3) is 14.9. The van der Waals surface area contributed by atoms with E-state index in [1.54, 1.807) is 20.1 Å². The molecule has 0 radical (unpaired) electrons. The minimum absolute atomic E-state index is 0.0167. The quantitative estimate of drug-likeness (QED) is 0.109. The van der Waals surface area contributed by atoms with Gasteiger partial charge < -0.3 is 48.3 Å². The number of cyclic esters (lactones) is 1. The number of allylic oxidation sites excluding steroid dienone is 4. The van der Waals surface area contributed by atoms with Crippen molar-refractivity contribution >= 4 is 29.4 Å². The van der Waals surface area contributed by atoms with Crippen LogP contribution >= 0.6 is 0 Å². The van der Waals surface area contributed by atoms with Gasteiger partial charge in [-0.25, -0.2) is 9.59 Å². The number of ether oxygens (including phenoxy) is 7. The van der Waals surface area contributed by atoms with Crippen molar-refractivity contribution < 1.29 is 67.3 Å². The summed E-state index contributed by atoms with van der Waals surface area (Å²) in [5, 5.41) is 23.9. The smallest absolute Gasteiger partial charge is 0.332 e. The highest BCUT2D eigenvalue weighted by atomic mass is 16.7. The molecule has 1 amide bonds. The number of rotatable bonds is 12. The molecule has 5 aliphatic rings. The lowest BCUT2D eigenvalue weighted by molar-refractivity contribution is -0.283. The largest absolute Gasteiger partial charge is 0.458 e. The summed E-state index contributed by atoms with van der Waals surface area (Å²) in [7, 11) is 4.63. The second-order valence-electron chi connectivity index (χ2n) is 22.8. The van der Waals surface area contributed by atoms with E-state index in [0.29, 0.717) is 68.8 Å². The number of ketones is 2. The maximum Gasteiger partial charge on any atom is 0.332 e. The van der Waals surface area contributed by atoms with Crippen molar-refractivity contribution in [3.63, 3.8) is 0 Å². The Bertz CT molecular complexity index is 1910. The van der Waals surface area contributed by atoms with Crippen molar-refractivity contribution in [1.82, 2.24) is 4.90 Å². The minimum Gasteiger partial charge on any atom is -0.458 e. The molecule has 3 heterocycles. The summed E-state index contributed by atoms with van der Waals surface area (Å²) < 4.78 is 42.4. The van der Waals surface area contributed by atoms with Crippen molar-refractivity contribution in [3.05, 3.63) is 36.0 Å². The number of aliphatic hydroxyl groups is 2. The van der Waals surface area contributed by atoms with Gasteiger partial charge in [-0.15, -0.1) is 6.58 Å². The van der Waals surface area contributed by atoms with E-state index < -0.39 is 89.5 Å². The number of hydrogen-bond donors (Lipinski definition) is 2. The van der Waals surface area contributed by atoms with E-state index in [1.807, 2.05) is 39.8 Å². The average molecular weight is 1000 g/mol. The van der Waals surface area contributed by atoms with Crippen LogP contribution in [-0.2, 0) is 57.1 Å². The van der Waals surface area contributed by atoms with Gasteiger partial charge >= 0.3 is 11.9 Å². The summed E-state index contributed by atoms with van der Waals surface area (Å²) in [6.45, 7) is 19.9. The third-order valence-corrected chi connectivity index (χ3v) is 16.7. The molecule has 5 rings (SSSR count). The number of nitrogens with zero attached hydrogens (tertiary/aromatic N) is 1. The fourth-order valence-corrected chi connectivity index (χ4v) is 12.1. The number of hydrogen-bond acceptors (Lipinski definition) is 14. The summed E-state index contributed by atoms with van der Waals surface area (Å²) in [4.78, 5) is 71.9. The molecule has 2 bridgehead atoms. The van der Waals surface area contributed by atoms with Crippen LogP contribution in [0.15, 0.2) is 36.0 Å². The molecule has 4 fully saturated rings. The van der Waals surface area contributed by atoms with Crippen molar-refractivity contribution in [2.75, 3.05) is 34.5 Å². The number of aliphatic hydroxyl groups excluding tert-OH is 1. The lowest BCUT2D eigenvalue weighted by Gasteiger charge is -2.44. The van der Waals surface area contributed by atoms with E-state index >= 15 is 0 Å². The molecule has 3 aliphatic heterocycles. The number of methoxy groups -OCH3 is 3. The molecule has 15 heteroatoms. The number of amides is 1. The Kier molecular flexibility index (Phi) is 21.3. The van der Waals surface area contributed by atoms with E-state index in [4.69, 9.17) is 33.2 Å². The summed E-state index contributed by atoms with van der Waals surface area (Å²) in [6, 6.07) is -1.17. The lowest BCUT2D eigenvalue weighted by atomic mass is 9.75. The monoisotopic (exact) mass is 1000 g/mol. The Morgan fingerprint density at radius 3 is 2.21 bits per heavy atom. The number of fused-ring (bicyclic) bond motifs is 3. The van der Waals surface area contributed by atoms with E-state index in [0.717, 1.165) is 31.3 Å². The van der Waals surface area contributed by atoms with E-state index in [1.165, 1.54) is 19.1 Å². The number of esters is 2. The van der Waals surface area contributed by atoms with Gasteiger partial charge in [-0.05, 0) is 147 Å². The molecule has 0 aromatic rings. The molecule has 402 valence electrons. The van der Waals surface area contributed by atoms with Crippen LogP contribution in [0.4, 0.5) is 0 Å². The van der Waals surface area contributed by atoms with E-state index in [2.05, 4.69) is 27.4 Å². The molecule has 2 aliphatic carbocycles. The molecule has 0 spiro atoms. The predicted octanol–water partition coefficient (Wildman–Crippen LogP) is 7.96. The standard InChI is InChI=1S/C56H89NO14/c1-13-22-54(8)32-36(5)27-35(4)28-46(67-12)50-44(65-10)21-25-56(64,71-50)51(61)52(62)57-26-15-14-16-41(57)53(63)70-49(38(7)42(58)31-47(54)59)37(6)29-39-17-18-43(45(30-39)66-11)69-48(60)33-68-55(9)23-19-40(20-24-55)34(2)3/h13,29,32,34-35,38-46,49-50,58,64H,1,14-28,30-31,33H2,2-12H3. The zero-order valence-electron chi connectivity index (χ0n) is 44.9. The van der Waals surface area contributed by atoms with Crippen molar-refractivity contribution in [3.8, 4) is 0 Å². The Balaban J connectivity index is 1.42. The van der Waals surface area contributed by atoms with Gasteiger partial charge in [0, 0.05) is 52.0 Å². The number of carbonyl (C=O) groups excluding carboxylic acids is 5. The Morgan fingerprint density at radius 2 is 1.58 bits per heavy atom. The molecule has 13 unspecified atom stereocenters. The lowest BCUT2D eigenvalue weighted by Crippen LogP contribution is -2.61. The summed E-state index contributed by atoms with van der Waals surface area (Å²) >= 11 is 0. The van der Waals surface area contributed by atoms with Gasteiger partial charge in [-0.1, -0.05) is 51.5 Å². The fraction of sp³-hybridized carbons (Fsp3) is 0.804. The van der Waals surface area contributed by atoms with Crippen LogP contribution in [0.2, 0.25) is 0 Å². The second-order valence-corrected chi connectivity index (χ2v) is 22.8. The second kappa shape index (κ2) is 25.8. The zero-order valence-corrected chi connectivity index (χ0v) is 44.9. The first kappa shape index (κ1) is 58.6. The van der Waals surface area contributed by atoms with Crippen LogP contribution < -0.4 is 0 Å². The Labute approximate surface area is 424 Å². The number of piperidine rings is 1. The first-order chi connectivity index (χ1) is 33.5. The maximum absolute atomic E-state index is 14.6. The first-order valence-electron chi connectivity index (χ1n) is 26.6. The molecule has 2 saturated carbocycles. The molecular formula is C56H89NO14. The van der Waals surface area contributed by atoms with Crippen molar-refractivity contribution in [2.24, 2.45) is 35.0 Å². The maximum atomic E-state index is 14.6. The predicted molar refractivity (Wildman–Crippen MR) is 268 cm³/mol. The Hall–Kier alpha value is -3.31. The summed E-state index contributed by atoms with van der Waals surface area (Å²) in [6.07, 6.45) is 8.29. The van der Waals surface area contributed by atoms with Gasteiger partial charge in [0.1, 0.15) is 36.7 Å². The van der Waals surface area contributed by atoms with Gasteiger partial charge in [-0.2, -0.15) is 0 Å². The number of carbonyl (C=O) groups is 5. The normalized spacial score (nSPS) is 38.9. The van der Waals surface area contributed by atoms with Gasteiger partial charge in [0.15, 0.2) is 0 Å². The SMILES string of the molecule is C=CCC1(C)C=C(C)CC(C)CC(OC)C2OC(O)(CCC2OC)C(=O)C(=O)N2CCCCC2C(=O)OC(C(C)=CC2CCC(OC(=O)COC3(C)CCC(C(C)C)CC3)C(OC)C2)C(C)C(O)CC1=O. The topological polar surface area (TPSA) is 194 Å². The molecule has 0 aromatic heterocycles. The highest BCUT2D eigenvalue weighted by Gasteiger charge is 2.53. The molecule has 71 heavy (non-hydrogen) atoms. The fourth-order valence-electron chi connectivity index (χ4n) is 12.1. The van der Waals surface area contributed by atoms with Crippen LogP contribution in [-0.4, -0.2) is 139 Å². The van der Waals surface area contributed by atoms with Crippen LogP contribution in [0.25, 0.3) is 0 Å². The average Bonchev–Trinajstić information content (AvgIpc) is 3.33. The van der Waals surface area contributed by atoms with Crippen LogP contribution in [0.3, 0.4) is 0 Å². The first-order valence-corrected chi connectivity index (χ1v) is 26.6. The van der Waals surface area contributed by atoms with Gasteiger partial charge in [0.05, 0.1) is 30.0 Å². The molecular weight excluding hydrogens is 911 g/mol. The molecule has 0 aromatic carbocycles. The van der Waals surface area contributed by atoms with Crippen molar-refractivity contribution in [2.45, 2.75) is 218 Å². The highest BCUT2D eigenvalue weighted by Crippen LogP contribution is 2.40. The van der Waals surface area contributed by atoms with Crippen LogP contribution in [0.1, 0.15) is 158 Å². The summed E-state index contributed by atoms with van der Waals surface area (Å²) in [5.41, 5.74) is 0.187. The molecule has 2 N–H and O–H groups in total. The minimum atomic E-state index is -2.50. The van der Waals surface area contributed by atoms with Crippen LogP contribution in [0, 0.1) is 35.0 Å². The molecule has 2 saturated heterocycles. The van der Waals surface area contributed by atoms with Gasteiger partial charge in [0.25, 0.3) is 11.7 Å². The Morgan fingerprint density at radius 1 is 0.901 bits per heavy atom. The molecule has 15 nitrogen and oxygen atoms in total. The highest BCUT2D eigenvalue weighted by molar-refractivity contribution is 6.39. The number of Topliss-reactive ketones (excluding diaryl/α,β-unsaturated/α-hetero) is 2. The van der Waals surface area contributed by atoms with E-state index in [-0.39, 0.29) is 62.1 Å². The van der Waals surface area contributed by atoms with Gasteiger partial charge in [0.2, 0.25) is 5.79 Å². The van der Waals surface area contributed by atoms with E-state index in [9.17, 15) is 34.2 Å². The van der Waals surface area contributed by atoms with Crippen LogP contribution in [0.5, 0.6) is 0 Å². The summed E-state index contributed by atoms with van der Waals surface area (Å²) in [5.74, 6) is -5.76.